The van der Waals surface area contributed by atoms with E-state index in [1.807, 2.05) is 0 Å². The summed E-state index contributed by atoms with van der Waals surface area (Å²) < 4.78 is 0. The highest BCUT2D eigenvalue weighted by molar-refractivity contribution is 6.00. The summed E-state index contributed by atoms with van der Waals surface area (Å²) >= 11 is 0. The molecule has 3 aliphatic carbocycles. The minimum Gasteiger partial charge on any atom is -0.309 e. The van der Waals surface area contributed by atoms with Gasteiger partial charge in [-0.2, -0.15) is 0 Å². The fraction of sp³-hybridized carbons (Fsp3) is 0.158. The van der Waals surface area contributed by atoms with E-state index in [2.05, 4.69) is 222 Å². The average Bonchev–Trinajstić information content (AvgIpc) is 3.74. The Morgan fingerprint density at radius 1 is 0.293 bits per heavy atom. The third kappa shape index (κ3) is 4.77. The Bertz CT molecular complexity index is 2990. The molecule has 1 heteroatoms. The lowest BCUT2D eigenvalue weighted by Crippen LogP contribution is -2.16. The summed E-state index contributed by atoms with van der Waals surface area (Å²) in [5.74, 6) is 0. The highest BCUT2D eigenvalue weighted by Gasteiger charge is 2.39. The maximum Gasteiger partial charge on any atom is 0.0540 e. The van der Waals surface area contributed by atoms with Crippen molar-refractivity contribution in [2.24, 2.45) is 0 Å². The van der Waals surface area contributed by atoms with Crippen LogP contribution in [0.3, 0.4) is 0 Å². The molecule has 0 N–H and O–H groups in total. The lowest BCUT2D eigenvalue weighted by molar-refractivity contribution is 0.660. The molecule has 0 aromatic heterocycles. The smallest absolute Gasteiger partial charge is 0.0540 e. The number of hydrogen-bond acceptors (Lipinski definition) is 1. The molecule has 0 saturated carbocycles. The van der Waals surface area contributed by atoms with E-state index in [1.54, 1.807) is 0 Å². The van der Waals surface area contributed by atoms with E-state index in [4.69, 9.17) is 0 Å². The van der Waals surface area contributed by atoms with Crippen molar-refractivity contribution >= 4 is 17.1 Å². The molecular formula is C57H47N. The Labute approximate surface area is 343 Å². The number of rotatable bonds is 5. The summed E-state index contributed by atoms with van der Waals surface area (Å²) in [5, 5.41) is 0. The minimum absolute atomic E-state index is 0.0787. The zero-order valence-corrected chi connectivity index (χ0v) is 34.2. The number of benzene rings is 8. The third-order valence-corrected chi connectivity index (χ3v) is 13.9. The fourth-order valence-electron chi connectivity index (χ4n) is 10.9. The molecule has 0 atom stereocenters. The van der Waals surface area contributed by atoms with Gasteiger partial charge in [0, 0.05) is 33.1 Å². The molecule has 0 amide bonds. The van der Waals surface area contributed by atoms with E-state index < -0.39 is 0 Å². The SMILES string of the molecule is CC1(C)c2ccccc2-c2cc(N(c3ccccc3-c3ccc4c(c3)C(C)(C)c3ccccc3-4)c3ccccc3-c3cccc4c3-c3ccccc3C4(C)C)ccc21. The van der Waals surface area contributed by atoms with E-state index in [1.165, 1.54) is 89.0 Å². The predicted octanol–water partition coefficient (Wildman–Crippen LogP) is 15.4. The monoisotopic (exact) mass is 745 g/mol. The van der Waals surface area contributed by atoms with Gasteiger partial charge < -0.3 is 4.90 Å². The molecule has 0 aliphatic heterocycles. The topological polar surface area (TPSA) is 3.24 Å². The molecule has 8 aromatic carbocycles. The van der Waals surface area contributed by atoms with Crippen LogP contribution in [0, 0.1) is 0 Å². The van der Waals surface area contributed by atoms with Gasteiger partial charge in [-0.1, -0.05) is 187 Å². The van der Waals surface area contributed by atoms with E-state index >= 15 is 0 Å². The lowest BCUT2D eigenvalue weighted by atomic mass is 9.81. The Kier molecular flexibility index (Phi) is 7.36. The number of nitrogens with zero attached hydrogens (tertiary/aromatic N) is 1. The molecular weight excluding hydrogens is 699 g/mol. The summed E-state index contributed by atoms with van der Waals surface area (Å²) in [6.45, 7) is 14.2. The average molecular weight is 746 g/mol. The van der Waals surface area contributed by atoms with Gasteiger partial charge in [-0.25, -0.2) is 0 Å². The molecule has 1 nitrogen and oxygen atoms in total. The Morgan fingerprint density at radius 3 is 1.43 bits per heavy atom. The van der Waals surface area contributed by atoms with E-state index in [9.17, 15) is 0 Å². The molecule has 58 heavy (non-hydrogen) atoms. The van der Waals surface area contributed by atoms with Crippen LogP contribution in [0.4, 0.5) is 17.1 Å². The Morgan fingerprint density at radius 2 is 0.741 bits per heavy atom. The Hall–Kier alpha value is -6.44. The number of anilines is 3. The van der Waals surface area contributed by atoms with E-state index in [0.717, 1.165) is 17.1 Å². The summed E-state index contributed by atoms with van der Waals surface area (Å²) in [4.78, 5) is 2.54. The first-order valence-electron chi connectivity index (χ1n) is 20.8. The van der Waals surface area contributed by atoms with Crippen molar-refractivity contribution in [3.63, 3.8) is 0 Å². The zero-order chi connectivity index (χ0) is 39.6. The minimum atomic E-state index is -0.0961. The van der Waals surface area contributed by atoms with Crippen molar-refractivity contribution < 1.29 is 0 Å². The van der Waals surface area contributed by atoms with Crippen LogP contribution in [0.5, 0.6) is 0 Å². The van der Waals surface area contributed by atoms with Crippen LogP contribution in [0.25, 0.3) is 55.6 Å². The zero-order valence-electron chi connectivity index (χ0n) is 34.2. The lowest BCUT2D eigenvalue weighted by Gasteiger charge is -2.31. The molecule has 8 aromatic rings. The van der Waals surface area contributed by atoms with Crippen LogP contribution in [-0.2, 0) is 16.2 Å². The van der Waals surface area contributed by atoms with Crippen molar-refractivity contribution in [2.45, 2.75) is 57.8 Å². The second-order valence-electron chi connectivity index (χ2n) is 18.1. The van der Waals surface area contributed by atoms with Crippen molar-refractivity contribution in [1.29, 1.82) is 0 Å². The van der Waals surface area contributed by atoms with E-state index in [-0.39, 0.29) is 16.2 Å². The van der Waals surface area contributed by atoms with E-state index in [0.29, 0.717) is 0 Å². The summed E-state index contributed by atoms with van der Waals surface area (Å²) in [6.07, 6.45) is 0. The van der Waals surface area contributed by atoms with Crippen LogP contribution < -0.4 is 4.90 Å². The molecule has 280 valence electrons. The van der Waals surface area contributed by atoms with Crippen molar-refractivity contribution in [3.8, 4) is 55.6 Å². The quantitative estimate of drug-likeness (QED) is 0.170. The standard InChI is InChI=1S/C57H47N/c1-55(2)47-25-13-8-20-40(47)45-35-37(31-33-49(45)55)58(52-28-15-10-18-38(52)36-30-32-41-39-19-7-12-24-46(39)57(5,6)51(41)34-36)53-29-16-11-21-42(53)43-23-17-27-50-54(43)44-22-9-14-26-48(44)56(50,3)4/h7-35H,1-6H3. The van der Waals surface area contributed by atoms with Crippen LogP contribution in [0.15, 0.2) is 176 Å². The van der Waals surface area contributed by atoms with Crippen LogP contribution in [0.2, 0.25) is 0 Å². The summed E-state index contributed by atoms with van der Waals surface area (Å²) in [7, 11) is 0. The third-order valence-electron chi connectivity index (χ3n) is 13.9. The van der Waals surface area contributed by atoms with Crippen molar-refractivity contribution in [3.05, 3.63) is 209 Å². The first kappa shape index (κ1) is 34.8. The van der Waals surface area contributed by atoms with Gasteiger partial charge in [-0.15, -0.1) is 0 Å². The molecule has 0 heterocycles. The van der Waals surface area contributed by atoms with Gasteiger partial charge in [0.05, 0.1) is 11.4 Å². The molecule has 0 radical (unpaired) electrons. The molecule has 0 fully saturated rings. The van der Waals surface area contributed by atoms with Crippen LogP contribution in [0.1, 0.15) is 74.9 Å². The molecule has 0 bridgehead atoms. The molecule has 0 saturated heterocycles. The largest absolute Gasteiger partial charge is 0.309 e. The first-order valence-corrected chi connectivity index (χ1v) is 20.8. The van der Waals surface area contributed by atoms with Gasteiger partial charge >= 0.3 is 0 Å². The molecule has 0 spiro atoms. The van der Waals surface area contributed by atoms with Crippen LogP contribution in [-0.4, -0.2) is 0 Å². The molecule has 0 unspecified atom stereocenters. The summed E-state index contributed by atoms with van der Waals surface area (Å²) in [6, 6.07) is 66.3. The second kappa shape index (κ2) is 12.3. The highest BCUT2D eigenvalue weighted by atomic mass is 15.1. The Balaban J connectivity index is 1.16. The van der Waals surface area contributed by atoms with Gasteiger partial charge in [0.15, 0.2) is 0 Å². The van der Waals surface area contributed by atoms with Gasteiger partial charge in [-0.3, -0.25) is 0 Å². The van der Waals surface area contributed by atoms with Gasteiger partial charge in [-0.05, 0) is 108 Å². The van der Waals surface area contributed by atoms with Crippen molar-refractivity contribution in [1.82, 2.24) is 0 Å². The number of hydrogen-bond donors (Lipinski definition) is 0. The van der Waals surface area contributed by atoms with Gasteiger partial charge in [0.25, 0.3) is 0 Å². The number of fused-ring (bicyclic) bond motifs is 9. The van der Waals surface area contributed by atoms with Gasteiger partial charge in [0.1, 0.15) is 0 Å². The maximum absolute atomic E-state index is 2.54. The highest BCUT2D eigenvalue weighted by Crippen LogP contribution is 2.56. The number of para-hydroxylation sites is 2. The maximum atomic E-state index is 2.54. The molecule has 3 aliphatic rings. The normalized spacial score (nSPS) is 15.5. The molecule has 11 rings (SSSR count). The summed E-state index contributed by atoms with van der Waals surface area (Å²) in [5.41, 5.74) is 24.4. The first-order chi connectivity index (χ1) is 28.1. The second-order valence-corrected chi connectivity index (χ2v) is 18.1. The van der Waals surface area contributed by atoms with Crippen molar-refractivity contribution in [2.75, 3.05) is 4.90 Å². The van der Waals surface area contributed by atoms with Crippen LogP contribution >= 0.6 is 0 Å². The van der Waals surface area contributed by atoms with Gasteiger partial charge in [0.2, 0.25) is 0 Å². The predicted molar refractivity (Wildman–Crippen MR) is 245 cm³/mol. The fourth-order valence-corrected chi connectivity index (χ4v) is 10.9.